The van der Waals surface area contributed by atoms with Gasteiger partial charge in [0.25, 0.3) is 0 Å². The topological polar surface area (TPSA) is 203 Å². The average Bonchev–Trinajstić information content (AvgIpc) is 3.07. The Balaban J connectivity index is 3.50. The van der Waals surface area contributed by atoms with Gasteiger partial charge in [-0.15, -0.1) is 0 Å². The molecule has 1 heterocycles. The minimum Gasteiger partial charge on any atom is -0.460 e. The van der Waals surface area contributed by atoms with Crippen LogP contribution in [0.4, 0.5) is 0 Å². The maximum atomic E-state index is 14.0. The first-order valence-electron chi connectivity index (χ1n) is 18.5. The van der Waals surface area contributed by atoms with Crippen LogP contribution in [-0.2, 0) is 33.5 Å². The van der Waals surface area contributed by atoms with Crippen molar-refractivity contribution in [2.75, 3.05) is 20.2 Å². The number of cyclic esters (lactones) is 1. The van der Waals surface area contributed by atoms with Crippen LogP contribution >= 0.6 is 0 Å². The molecular weight excluding hydrogens is 646 g/mol. The number of hydrogen-bond donors (Lipinski definition) is 6. The van der Waals surface area contributed by atoms with Gasteiger partial charge < -0.3 is 41.1 Å². The molecule has 0 aromatic heterocycles. The Kier molecular flexibility index (Phi) is 20.8. The molecule has 6 N–H and O–H groups in total. The molecule has 0 spiro atoms. The molecule has 1 rings (SSSR count). The van der Waals surface area contributed by atoms with Crippen LogP contribution in [0.1, 0.15) is 119 Å². The lowest BCUT2D eigenvalue weighted by Gasteiger charge is -2.34. The van der Waals surface area contributed by atoms with E-state index in [2.05, 4.69) is 28.2 Å². The summed E-state index contributed by atoms with van der Waals surface area (Å²) in [4.78, 5) is 81.9. The van der Waals surface area contributed by atoms with E-state index >= 15 is 0 Å². The van der Waals surface area contributed by atoms with E-state index in [0.717, 1.165) is 25.7 Å². The molecule has 14 heteroatoms. The van der Waals surface area contributed by atoms with Crippen molar-refractivity contribution in [2.45, 2.75) is 155 Å². The standard InChI is InChI=1S/C36H65N5O9/c1-9-11-12-13-14-15-16-17-18-28-24(6)36(49)41(8)27(19-22(3)4)33(46)39-30(23(5)10-2)35(48)38-26(21-42)32(45)40-31(25(7)43)34(47)37-20-29(44)50-28/h22-28,30-31,42-43H,9-21H2,1-8H3,(H,37,47)(H,38,48)(H,39,46)(H,40,45)/t23-,24-,25+,26-,27+,28+,30+,31-/m1/s1. The molecule has 0 saturated carbocycles. The van der Waals surface area contributed by atoms with Gasteiger partial charge in [-0.2, -0.15) is 0 Å². The van der Waals surface area contributed by atoms with Gasteiger partial charge in [0.2, 0.25) is 29.5 Å². The van der Waals surface area contributed by atoms with Crippen molar-refractivity contribution in [2.24, 2.45) is 17.8 Å². The summed E-state index contributed by atoms with van der Waals surface area (Å²) in [5.74, 6) is -5.63. The Morgan fingerprint density at radius 2 is 1.38 bits per heavy atom. The van der Waals surface area contributed by atoms with E-state index in [1.807, 2.05) is 20.8 Å². The number of carbonyl (C=O) groups is 6. The molecular formula is C36H65N5O9. The van der Waals surface area contributed by atoms with Crippen molar-refractivity contribution in [3.63, 3.8) is 0 Å². The van der Waals surface area contributed by atoms with Gasteiger partial charge in [0, 0.05) is 7.05 Å². The van der Waals surface area contributed by atoms with Gasteiger partial charge in [-0.05, 0) is 38.0 Å². The summed E-state index contributed by atoms with van der Waals surface area (Å²) < 4.78 is 5.79. The summed E-state index contributed by atoms with van der Waals surface area (Å²) in [5, 5.41) is 30.2. The largest absolute Gasteiger partial charge is 0.460 e. The zero-order valence-electron chi connectivity index (χ0n) is 31.6. The lowest BCUT2D eigenvalue weighted by molar-refractivity contribution is -0.157. The van der Waals surface area contributed by atoms with Gasteiger partial charge in [-0.1, -0.05) is 92.9 Å². The van der Waals surface area contributed by atoms with Gasteiger partial charge >= 0.3 is 5.97 Å². The van der Waals surface area contributed by atoms with Crippen molar-refractivity contribution < 1.29 is 43.7 Å². The fourth-order valence-corrected chi connectivity index (χ4v) is 5.96. The predicted molar refractivity (Wildman–Crippen MR) is 189 cm³/mol. The van der Waals surface area contributed by atoms with E-state index in [0.29, 0.717) is 19.3 Å². The first-order valence-corrected chi connectivity index (χ1v) is 18.5. The summed E-state index contributed by atoms with van der Waals surface area (Å²) >= 11 is 0. The second-order valence-electron chi connectivity index (χ2n) is 14.2. The SMILES string of the molecule is CCCCCCCCCC[C@@H]1OC(=O)CNC(=O)[C@@H]([C@H](C)O)NC(=O)[C@@H](CO)NC(=O)[C@H]([C@H](C)CC)NC(=O)[C@H](CC(C)C)N(C)C(=O)[C@@H]1C. The number of unbranched alkanes of at least 4 members (excludes halogenated alkanes) is 7. The number of carbonyl (C=O) groups excluding carboxylic acids is 6. The highest BCUT2D eigenvalue weighted by Gasteiger charge is 2.38. The molecule has 1 saturated heterocycles. The van der Waals surface area contributed by atoms with E-state index in [-0.39, 0.29) is 12.3 Å². The van der Waals surface area contributed by atoms with E-state index < -0.39 is 96.9 Å². The molecule has 8 atom stereocenters. The highest BCUT2D eigenvalue weighted by molar-refractivity contribution is 5.96. The third-order valence-electron chi connectivity index (χ3n) is 9.46. The lowest BCUT2D eigenvalue weighted by atomic mass is 9.94. The van der Waals surface area contributed by atoms with E-state index in [9.17, 15) is 39.0 Å². The lowest BCUT2D eigenvalue weighted by Crippen LogP contribution is -2.61. The number of rotatable bonds is 15. The molecule has 5 amide bonds. The number of nitrogens with one attached hydrogen (secondary N) is 4. The molecule has 0 aromatic rings. The minimum atomic E-state index is -1.53. The normalized spacial score (nSPS) is 26.5. The van der Waals surface area contributed by atoms with Crippen molar-refractivity contribution in [3.8, 4) is 0 Å². The quantitative estimate of drug-likeness (QED) is 0.108. The number of amides is 5. The third kappa shape index (κ3) is 14.9. The van der Waals surface area contributed by atoms with Crippen LogP contribution in [0.3, 0.4) is 0 Å². The van der Waals surface area contributed by atoms with Gasteiger partial charge in [0.1, 0.15) is 36.8 Å². The molecule has 288 valence electrons. The maximum Gasteiger partial charge on any atom is 0.325 e. The molecule has 0 aliphatic carbocycles. The first-order chi connectivity index (χ1) is 23.6. The zero-order valence-corrected chi connectivity index (χ0v) is 31.6. The van der Waals surface area contributed by atoms with Crippen molar-refractivity contribution >= 4 is 35.5 Å². The Hall–Kier alpha value is -3.26. The Labute approximate surface area is 298 Å². The van der Waals surface area contributed by atoms with Crippen molar-refractivity contribution in [1.29, 1.82) is 0 Å². The van der Waals surface area contributed by atoms with Crippen LogP contribution in [0.15, 0.2) is 0 Å². The molecule has 1 fully saturated rings. The number of ether oxygens (including phenoxy) is 1. The summed E-state index contributed by atoms with van der Waals surface area (Å²) in [6.07, 6.45) is 7.29. The van der Waals surface area contributed by atoms with Crippen LogP contribution in [0.5, 0.6) is 0 Å². The highest BCUT2D eigenvalue weighted by Crippen LogP contribution is 2.22. The van der Waals surface area contributed by atoms with E-state index in [1.54, 1.807) is 13.8 Å². The van der Waals surface area contributed by atoms with Crippen molar-refractivity contribution in [1.82, 2.24) is 26.2 Å². The average molecular weight is 712 g/mol. The number of aliphatic hydroxyl groups excluding tert-OH is 2. The molecule has 14 nitrogen and oxygen atoms in total. The number of likely N-dealkylation sites (N-methyl/N-ethyl adjacent to an activating group) is 1. The van der Waals surface area contributed by atoms with E-state index in [4.69, 9.17) is 4.74 Å². The number of nitrogens with zero attached hydrogens (tertiary/aromatic N) is 1. The highest BCUT2D eigenvalue weighted by atomic mass is 16.5. The van der Waals surface area contributed by atoms with Gasteiger partial charge in [0.05, 0.1) is 18.6 Å². The smallest absolute Gasteiger partial charge is 0.325 e. The summed E-state index contributed by atoms with van der Waals surface area (Å²) in [6, 6.07) is -5.15. The van der Waals surface area contributed by atoms with Crippen LogP contribution in [0.2, 0.25) is 0 Å². The van der Waals surface area contributed by atoms with Gasteiger partial charge in [-0.3, -0.25) is 28.8 Å². The third-order valence-corrected chi connectivity index (χ3v) is 9.46. The Morgan fingerprint density at radius 3 is 1.92 bits per heavy atom. The second kappa shape index (κ2) is 23.3. The molecule has 0 unspecified atom stereocenters. The molecule has 0 radical (unpaired) electrons. The zero-order chi connectivity index (χ0) is 38.0. The fourth-order valence-electron chi connectivity index (χ4n) is 5.96. The Bertz CT molecular complexity index is 1100. The molecule has 1 aliphatic rings. The van der Waals surface area contributed by atoms with Gasteiger partial charge in [0.15, 0.2) is 0 Å². The van der Waals surface area contributed by atoms with E-state index in [1.165, 1.54) is 38.1 Å². The predicted octanol–water partition coefficient (Wildman–Crippen LogP) is 1.94. The van der Waals surface area contributed by atoms with Crippen LogP contribution in [0.25, 0.3) is 0 Å². The first kappa shape index (κ1) is 44.8. The molecule has 1 aliphatic heterocycles. The van der Waals surface area contributed by atoms with Crippen LogP contribution in [-0.4, -0.2) is 107 Å². The molecule has 0 bridgehead atoms. The maximum absolute atomic E-state index is 14.0. The molecule has 50 heavy (non-hydrogen) atoms. The number of aliphatic hydroxyl groups is 2. The Morgan fingerprint density at radius 1 is 0.800 bits per heavy atom. The number of esters is 1. The van der Waals surface area contributed by atoms with Crippen LogP contribution in [0, 0.1) is 17.8 Å². The van der Waals surface area contributed by atoms with Crippen molar-refractivity contribution in [3.05, 3.63) is 0 Å². The van der Waals surface area contributed by atoms with Crippen LogP contribution < -0.4 is 21.3 Å². The summed E-state index contributed by atoms with van der Waals surface area (Å²) in [6.45, 7) is 11.0. The fraction of sp³-hybridized carbons (Fsp3) is 0.833. The second-order valence-corrected chi connectivity index (χ2v) is 14.2. The van der Waals surface area contributed by atoms with Gasteiger partial charge in [-0.25, -0.2) is 0 Å². The summed E-state index contributed by atoms with van der Waals surface area (Å²) in [5.41, 5.74) is 0. The molecule has 0 aromatic carbocycles. The summed E-state index contributed by atoms with van der Waals surface area (Å²) in [7, 11) is 1.52. The monoisotopic (exact) mass is 711 g/mol. The number of hydrogen-bond acceptors (Lipinski definition) is 9. The minimum absolute atomic E-state index is 0.00678.